The van der Waals surface area contributed by atoms with Crippen LogP contribution in [0.4, 0.5) is 0 Å². The Morgan fingerprint density at radius 1 is 1.14 bits per heavy atom. The molecule has 1 heterocycles. The van der Waals surface area contributed by atoms with Gasteiger partial charge in [-0.05, 0) is 51.7 Å². The highest BCUT2D eigenvalue weighted by Crippen LogP contribution is 2.23. The van der Waals surface area contributed by atoms with Gasteiger partial charge in [-0.2, -0.15) is 0 Å². The molecule has 3 rings (SSSR count). The van der Waals surface area contributed by atoms with Crippen LogP contribution in [0.5, 0.6) is 0 Å². The predicted molar refractivity (Wildman–Crippen MR) is 112 cm³/mol. The molecule has 2 aromatic carbocycles. The summed E-state index contributed by atoms with van der Waals surface area (Å²) >= 11 is 6.00. The fourth-order valence-electron chi connectivity index (χ4n) is 2.87. The largest absolute Gasteiger partial charge is 0.355 e. The number of aryl methyl sites for hydroxylation is 1. The number of carbonyl (C=O) groups is 1. The summed E-state index contributed by atoms with van der Waals surface area (Å²) in [6.07, 6.45) is 0.767. The van der Waals surface area contributed by atoms with Crippen molar-refractivity contribution in [2.24, 2.45) is 0 Å². The number of halogens is 1. The molecule has 0 fully saturated rings. The number of carbonyl (C=O) groups excluding carboxylic acids is 1. The molecule has 0 bridgehead atoms. The molecule has 1 unspecified atom stereocenters. The third kappa shape index (κ3) is 5.21. The lowest BCUT2D eigenvalue weighted by Crippen LogP contribution is -2.31. The smallest absolute Gasteiger partial charge is 0.273 e. The standard InChI is InChI=1S/C22H24ClN3O2/c1-15-4-6-17(7-5-15)21-14-20(25-28-21)22(27)24-19(12-13-26(2)3)16-8-10-18(23)11-9-16/h4-11,14,19H,12-13H2,1-3H3,(H,24,27). The maximum Gasteiger partial charge on any atom is 0.273 e. The number of hydrogen-bond donors (Lipinski definition) is 1. The molecule has 0 aliphatic heterocycles. The average Bonchev–Trinajstić information content (AvgIpc) is 3.16. The van der Waals surface area contributed by atoms with Crippen LogP contribution in [0.3, 0.4) is 0 Å². The minimum atomic E-state index is -0.263. The highest BCUT2D eigenvalue weighted by Gasteiger charge is 2.19. The van der Waals surface area contributed by atoms with Gasteiger partial charge in [0.15, 0.2) is 11.5 Å². The van der Waals surface area contributed by atoms with Gasteiger partial charge in [0, 0.05) is 16.7 Å². The van der Waals surface area contributed by atoms with Crippen molar-refractivity contribution in [2.75, 3.05) is 20.6 Å². The van der Waals surface area contributed by atoms with Crippen molar-refractivity contribution in [3.63, 3.8) is 0 Å². The van der Waals surface area contributed by atoms with Gasteiger partial charge < -0.3 is 14.7 Å². The Morgan fingerprint density at radius 2 is 1.82 bits per heavy atom. The molecule has 146 valence electrons. The molecule has 1 atom stereocenters. The summed E-state index contributed by atoms with van der Waals surface area (Å²) < 4.78 is 5.38. The van der Waals surface area contributed by atoms with Gasteiger partial charge in [-0.3, -0.25) is 4.79 Å². The molecule has 1 aromatic heterocycles. The summed E-state index contributed by atoms with van der Waals surface area (Å²) in [5.74, 6) is 0.308. The second-order valence-corrected chi connectivity index (χ2v) is 7.55. The van der Waals surface area contributed by atoms with Gasteiger partial charge in [0.05, 0.1) is 6.04 Å². The van der Waals surface area contributed by atoms with Crippen LogP contribution in [-0.2, 0) is 0 Å². The first-order valence-electron chi connectivity index (χ1n) is 9.17. The van der Waals surface area contributed by atoms with E-state index in [-0.39, 0.29) is 17.6 Å². The number of amides is 1. The van der Waals surface area contributed by atoms with E-state index < -0.39 is 0 Å². The van der Waals surface area contributed by atoms with E-state index in [4.69, 9.17) is 16.1 Å². The molecule has 0 aliphatic rings. The fourth-order valence-corrected chi connectivity index (χ4v) is 3.00. The van der Waals surface area contributed by atoms with Crippen LogP contribution in [0.25, 0.3) is 11.3 Å². The summed E-state index contributed by atoms with van der Waals surface area (Å²) in [6, 6.07) is 16.9. The van der Waals surface area contributed by atoms with E-state index in [1.807, 2.05) is 69.6 Å². The quantitative estimate of drug-likeness (QED) is 0.626. The summed E-state index contributed by atoms with van der Waals surface area (Å²) in [7, 11) is 4.01. The van der Waals surface area contributed by atoms with Crippen molar-refractivity contribution in [3.8, 4) is 11.3 Å². The second kappa shape index (κ2) is 9.04. The first kappa shape index (κ1) is 20.1. The first-order chi connectivity index (χ1) is 13.4. The van der Waals surface area contributed by atoms with Crippen molar-refractivity contribution in [2.45, 2.75) is 19.4 Å². The van der Waals surface area contributed by atoms with Gasteiger partial charge in [-0.15, -0.1) is 0 Å². The first-order valence-corrected chi connectivity index (χ1v) is 9.55. The van der Waals surface area contributed by atoms with Crippen molar-refractivity contribution in [1.29, 1.82) is 0 Å². The van der Waals surface area contributed by atoms with Crippen LogP contribution in [-0.4, -0.2) is 36.6 Å². The highest BCUT2D eigenvalue weighted by atomic mass is 35.5. The number of hydrogen-bond acceptors (Lipinski definition) is 4. The van der Waals surface area contributed by atoms with Gasteiger partial charge in [0.1, 0.15) is 0 Å². The number of benzene rings is 2. The summed E-state index contributed by atoms with van der Waals surface area (Å²) in [5, 5.41) is 7.69. The highest BCUT2D eigenvalue weighted by molar-refractivity contribution is 6.30. The van der Waals surface area contributed by atoms with Gasteiger partial charge in [-0.1, -0.05) is 58.7 Å². The number of nitrogens with zero attached hydrogens (tertiary/aromatic N) is 2. The van der Waals surface area contributed by atoms with E-state index in [0.717, 1.165) is 29.7 Å². The normalized spacial score (nSPS) is 12.2. The molecule has 0 saturated carbocycles. The minimum Gasteiger partial charge on any atom is -0.355 e. The molecule has 0 radical (unpaired) electrons. The average molecular weight is 398 g/mol. The SMILES string of the molecule is Cc1ccc(-c2cc(C(=O)NC(CCN(C)C)c3ccc(Cl)cc3)no2)cc1. The van der Waals surface area contributed by atoms with E-state index in [1.165, 1.54) is 0 Å². The monoisotopic (exact) mass is 397 g/mol. The topological polar surface area (TPSA) is 58.4 Å². The lowest BCUT2D eigenvalue weighted by molar-refractivity contribution is 0.0923. The Hall–Kier alpha value is -2.63. The van der Waals surface area contributed by atoms with E-state index in [2.05, 4.69) is 15.4 Å². The van der Waals surface area contributed by atoms with Gasteiger partial charge in [0.2, 0.25) is 0 Å². The molecule has 5 nitrogen and oxygen atoms in total. The Labute approximate surface area is 170 Å². The maximum absolute atomic E-state index is 12.8. The zero-order chi connectivity index (χ0) is 20.1. The molecule has 0 aliphatic carbocycles. The minimum absolute atomic E-state index is 0.147. The van der Waals surface area contributed by atoms with E-state index >= 15 is 0 Å². The van der Waals surface area contributed by atoms with Crippen LogP contribution in [0, 0.1) is 6.92 Å². The van der Waals surface area contributed by atoms with Crippen LogP contribution < -0.4 is 5.32 Å². The summed E-state index contributed by atoms with van der Waals surface area (Å²) in [6.45, 7) is 2.86. The molecule has 1 amide bonds. The molecule has 0 spiro atoms. The molecule has 0 saturated heterocycles. The number of nitrogens with one attached hydrogen (secondary N) is 1. The van der Waals surface area contributed by atoms with Crippen molar-refractivity contribution >= 4 is 17.5 Å². The van der Waals surface area contributed by atoms with Crippen molar-refractivity contribution in [1.82, 2.24) is 15.4 Å². The van der Waals surface area contributed by atoms with Gasteiger partial charge in [0.25, 0.3) is 5.91 Å². The van der Waals surface area contributed by atoms with Crippen LogP contribution >= 0.6 is 11.6 Å². The molecule has 28 heavy (non-hydrogen) atoms. The number of aromatic nitrogens is 1. The molecule has 1 N–H and O–H groups in total. The van der Waals surface area contributed by atoms with Crippen molar-refractivity contribution < 1.29 is 9.32 Å². The van der Waals surface area contributed by atoms with E-state index in [9.17, 15) is 4.79 Å². The summed E-state index contributed by atoms with van der Waals surface area (Å²) in [5.41, 5.74) is 3.31. The zero-order valence-electron chi connectivity index (χ0n) is 16.3. The lowest BCUT2D eigenvalue weighted by atomic mass is 10.0. The second-order valence-electron chi connectivity index (χ2n) is 7.11. The molecule has 3 aromatic rings. The van der Waals surface area contributed by atoms with E-state index in [1.54, 1.807) is 6.07 Å². The molecular formula is C22H24ClN3O2. The van der Waals surface area contributed by atoms with E-state index in [0.29, 0.717) is 10.8 Å². The lowest BCUT2D eigenvalue weighted by Gasteiger charge is -2.21. The van der Waals surface area contributed by atoms with Gasteiger partial charge in [-0.25, -0.2) is 0 Å². The third-order valence-corrected chi connectivity index (χ3v) is 4.77. The Morgan fingerprint density at radius 3 is 2.46 bits per heavy atom. The predicted octanol–water partition coefficient (Wildman–Crippen LogP) is 4.73. The van der Waals surface area contributed by atoms with Crippen LogP contribution in [0.1, 0.15) is 34.1 Å². The third-order valence-electron chi connectivity index (χ3n) is 4.52. The Kier molecular flexibility index (Phi) is 6.49. The number of rotatable bonds is 7. The van der Waals surface area contributed by atoms with Crippen LogP contribution in [0.2, 0.25) is 5.02 Å². The van der Waals surface area contributed by atoms with Gasteiger partial charge >= 0.3 is 0 Å². The van der Waals surface area contributed by atoms with Crippen LogP contribution in [0.15, 0.2) is 59.1 Å². The molecular weight excluding hydrogens is 374 g/mol. The Bertz CT molecular complexity index is 918. The Balaban J connectivity index is 1.75. The maximum atomic E-state index is 12.8. The summed E-state index contributed by atoms with van der Waals surface area (Å²) in [4.78, 5) is 14.8. The fraction of sp³-hybridized carbons (Fsp3) is 0.273. The molecule has 6 heteroatoms. The van der Waals surface area contributed by atoms with Crippen molar-refractivity contribution in [3.05, 3.63) is 76.4 Å². The zero-order valence-corrected chi connectivity index (χ0v) is 17.0.